The van der Waals surface area contributed by atoms with Crippen LogP contribution >= 0.6 is 0 Å². The van der Waals surface area contributed by atoms with Crippen molar-refractivity contribution in [3.63, 3.8) is 0 Å². The van der Waals surface area contributed by atoms with E-state index in [-0.39, 0.29) is 17.1 Å². The summed E-state index contributed by atoms with van der Waals surface area (Å²) in [5, 5.41) is 4.43. The van der Waals surface area contributed by atoms with Gasteiger partial charge in [-0.2, -0.15) is 17.9 Å². The van der Waals surface area contributed by atoms with Crippen LogP contribution in [-0.4, -0.2) is 39.8 Å². The predicted octanol–water partition coefficient (Wildman–Crippen LogP) is 4.14. The van der Waals surface area contributed by atoms with Crippen molar-refractivity contribution < 1.29 is 26.0 Å². The van der Waals surface area contributed by atoms with Crippen LogP contribution in [0.1, 0.15) is 30.5 Å². The first kappa shape index (κ1) is 24.7. The Balaban J connectivity index is 1.77. The quantitative estimate of drug-likeness (QED) is 0.484. The molecule has 0 spiro atoms. The molecule has 0 radical (unpaired) electrons. The van der Waals surface area contributed by atoms with Gasteiger partial charge in [0.2, 0.25) is 10.0 Å². The second kappa shape index (κ2) is 9.67. The lowest BCUT2D eigenvalue weighted by Gasteiger charge is -2.23. The van der Waals surface area contributed by atoms with E-state index in [9.17, 15) is 21.2 Å². The smallest absolute Gasteiger partial charge is 0.279 e. The summed E-state index contributed by atoms with van der Waals surface area (Å²) in [4.78, 5) is -0.217. The molecule has 3 aromatic rings. The first-order valence-electron chi connectivity index (χ1n) is 10.8. The first-order chi connectivity index (χ1) is 16.6. The van der Waals surface area contributed by atoms with E-state index in [4.69, 9.17) is 4.74 Å². The van der Waals surface area contributed by atoms with Crippen molar-refractivity contribution in [3.8, 4) is 5.75 Å². The van der Waals surface area contributed by atoms with Gasteiger partial charge in [0, 0.05) is 12.1 Å². The van der Waals surface area contributed by atoms with E-state index in [1.165, 1.54) is 32.2 Å². The van der Waals surface area contributed by atoms with Crippen molar-refractivity contribution in [2.45, 2.75) is 24.3 Å². The summed E-state index contributed by atoms with van der Waals surface area (Å²) in [5.74, 6) is -0.146. The molecule has 1 N–H and O–H groups in total. The van der Waals surface area contributed by atoms with Crippen LogP contribution in [0.2, 0.25) is 0 Å². The number of nitrogens with zero attached hydrogens (tertiary/aromatic N) is 2. The van der Waals surface area contributed by atoms with E-state index in [1.807, 2.05) is 0 Å². The highest BCUT2D eigenvalue weighted by atomic mass is 32.2. The van der Waals surface area contributed by atoms with Crippen LogP contribution in [0, 0.1) is 5.82 Å². The summed E-state index contributed by atoms with van der Waals surface area (Å²) in [7, 11) is -6.15. The van der Waals surface area contributed by atoms with Crippen molar-refractivity contribution in [1.82, 2.24) is 4.41 Å². The third kappa shape index (κ3) is 5.30. The van der Waals surface area contributed by atoms with E-state index in [0.717, 1.165) is 10.5 Å². The number of hydrazone groups is 1. The van der Waals surface area contributed by atoms with Crippen LogP contribution in [0.15, 0.2) is 82.8 Å². The van der Waals surface area contributed by atoms with E-state index in [0.29, 0.717) is 28.3 Å². The highest BCUT2D eigenvalue weighted by Gasteiger charge is 2.38. The molecule has 0 bridgehead atoms. The molecule has 184 valence electrons. The van der Waals surface area contributed by atoms with Gasteiger partial charge >= 0.3 is 0 Å². The lowest BCUT2D eigenvalue weighted by atomic mass is 9.99. The van der Waals surface area contributed by atoms with Crippen molar-refractivity contribution in [2.24, 2.45) is 5.10 Å². The number of hydrogen-bond donors (Lipinski definition) is 1. The number of anilines is 1. The molecule has 35 heavy (non-hydrogen) atoms. The number of halogens is 1. The predicted molar refractivity (Wildman–Crippen MR) is 132 cm³/mol. The summed E-state index contributed by atoms with van der Waals surface area (Å²) in [5.41, 5.74) is 2.03. The summed E-state index contributed by atoms with van der Waals surface area (Å²) >= 11 is 0. The van der Waals surface area contributed by atoms with Gasteiger partial charge in [-0.05, 0) is 60.5 Å². The second-order valence-corrected chi connectivity index (χ2v) is 11.7. The van der Waals surface area contributed by atoms with Gasteiger partial charge in [-0.1, -0.05) is 30.3 Å². The number of nitrogens with one attached hydrogen (secondary N) is 1. The molecule has 11 heteroatoms. The molecule has 3 aromatic carbocycles. The molecule has 0 fully saturated rings. The van der Waals surface area contributed by atoms with Crippen molar-refractivity contribution in [3.05, 3.63) is 89.7 Å². The van der Waals surface area contributed by atoms with Gasteiger partial charge in [0.25, 0.3) is 10.0 Å². The number of ether oxygens (including phenoxy) is 1. The molecule has 1 atom stereocenters. The van der Waals surface area contributed by atoms with Crippen molar-refractivity contribution in [2.75, 3.05) is 17.6 Å². The van der Waals surface area contributed by atoms with E-state index < -0.39 is 31.9 Å². The monoisotopic (exact) mass is 517 g/mol. The Kier molecular flexibility index (Phi) is 6.82. The van der Waals surface area contributed by atoms with E-state index >= 15 is 0 Å². The summed E-state index contributed by atoms with van der Waals surface area (Å²) in [6.07, 6.45) is 0.227. The zero-order valence-corrected chi connectivity index (χ0v) is 20.7. The molecule has 1 heterocycles. The average molecular weight is 518 g/mol. The summed E-state index contributed by atoms with van der Waals surface area (Å²) in [6, 6.07) is 17.6. The number of sulfonamides is 2. The minimum Gasteiger partial charge on any atom is -0.497 e. The van der Waals surface area contributed by atoms with Crippen molar-refractivity contribution >= 4 is 31.4 Å². The highest BCUT2D eigenvalue weighted by Crippen LogP contribution is 2.38. The Labute approximate surface area is 204 Å². The van der Waals surface area contributed by atoms with Crippen LogP contribution < -0.4 is 9.46 Å². The minimum absolute atomic E-state index is 0.0859. The normalized spacial score (nSPS) is 16.1. The van der Waals surface area contributed by atoms with Crippen LogP contribution in [-0.2, 0) is 20.0 Å². The fourth-order valence-corrected chi connectivity index (χ4v) is 5.80. The Bertz CT molecular complexity index is 1470. The van der Waals surface area contributed by atoms with Crippen LogP contribution in [0.25, 0.3) is 0 Å². The maximum atomic E-state index is 13.8. The molecule has 0 saturated heterocycles. The fraction of sp³-hybridized carbons (Fsp3) is 0.208. The van der Waals surface area contributed by atoms with Gasteiger partial charge < -0.3 is 4.74 Å². The number of hydrogen-bond acceptors (Lipinski definition) is 6. The molecule has 0 aliphatic carbocycles. The maximum absolute atomic E-state index is 13.8. The number of benzene rings is 3. The third-order valence-corrected chi connectivity index (χ3v) is 8.55. The third-order valence-electron chi connectivity index (χ3n) is 5.56. The molecule has 1 aliphatic heterocycles. The molecule has 0 amide bonds. The van der Waals surface area contributed by atoms with Gasteiger partial charge in [-0.15, -0.1) is 0 Å². The van der Waals surface area contributed by atoms with Gasteiger partial charge in [-0.3, -0.25) is 4.72 Å². The topological polar surface area (TPSA) is 105 Å². The van der Waals surface area contributed by atoms with E-state index in [1.54, 1.807) is 48.5 Å². The molecule has 0 aromatic heterocycles. The van der Waals surface area contributed by atoms with Crippen LogP contribution in [0.5, 0.6) is 5.75 Å². The molecule has 8 nitrogen and oxygen atoms in total. The zero-order valence-electron chi connectivity index (χ0n) is 19.0. The highest BCUT2D eigenvalue weighted by molar-refractivity contribution is 7.92. The average Bonchev–Trinajstić information content (AvgIpc) is 3.31. The Morgan fingerprint density at radius 2 is 1.74 bits per heavy atom. The number of rotatable bonds is 8. The maximum Gasteiger partial charge on any atom is 0.279 e. The first-order valence-corrected chi connectivity index (χ1v) is 13.8. The zero-order chi connectivity index (χ0) is 25.2. The molecule has 1 unspecified atom stereocenters. The molecule has 1 aliphatic rings. The SMILES string of the molecule is CCS(=O)(=O)Nc1cccc(C2=NN(S(=O)(=O)c3cccc(F)c3)C(c3ccc(OC)cc3)C2)c1. The van der Waals surface area contributed by atoms with Gasteiger partial charge in [0.15, 0.2) is 0 Å². The fourth-order valence-electron chi connectivity index (χ4n) is 3.71. The Morgan fingerprint density at radius 1 is 1.03 bits per heavy atom. The van der Waals surface area contributed by atoms with Gasteiger partial charge in [-0.25, -0.2) is 12.8 Å². The number of methoxy groups -OCH3 is 1. The molecule has 0 saturated carbocycles. The van der Waals surface area contributed by atoms with Gasteiger partial charge in [0.05, 0.1) is 29.5 Å². The van der Waals surface area contributed by atoms with Gasteiger partial charge in [0.1, 0.15) is 11.6 Å². The molecular formula is C24H24FN3O5S2. The lowest BCUT2D eigenvalue weighted by molar-refractivity contribution is 0.370. The van der Waals surface area contributed by atoms with Crippen LogP contribution in [0.3, 0.4) is 0 Å². The molecule has 4 rings (SSSR count). The van der Waals surface area contributed by atoms with Crippen molar-refractivity contribution in [1.29, 1.82) is 0 Å². The van der Waals surface area contributed by atoms with E-state index in [2.05, 4.69) is 9.82 Å². The van der Waals surface area contributed by atoms with Crippen LogP contribution in [0.4, 0.5) is 10.1 Å². The Hall–Kier alpha value is -3.44. The molecular weight excluding hydrogens is 493 g/mol. The Morgan fingerprint density at radius 3 is 2.40 bits per heavy atom. The summed E-state index contributed by atoms with van der Waals surface area (Å²) < 4.78 is 73.5. The standard InChI is InChI=1S/C24H24FN3O5S2/c1-3-34(29,30)27-20-8-4-6-18(14-20)23-16-24(17-10-12-21(33-2)13-11-17)28(26-23)35(31,32)22-9-5-7-19(25)15-22/h4-15,24,27H,3,16H2,1-2H3. The second-order valence-electron chi connectivity index (χ2n) is 7.86. The largest absolute Gasteiger partial charge is 0.497 e. The summed E-state index contributed by atoms with van der Waals surface area (Å²) in [6.45, 7) is 1.53. The minimum atomic E-state index is -4.19. The lowest BCUT2D eigenvalue weighted by Crippen LogP contribution is -2.27.